The van der Waals surface area contributed by atoms with Crippen LogP contribution in [-0.2, 0) is 11.0 Å². The van der Waals surface area contributed by atoms with Crippen molar-refractivity contribution in [1.82, 2.24) is 0 Å². The van der Waals surface area contributed by atoms with E-state index in [1.165, 1.54) is 10.4 Å². The molecule has 0 aliphatic rings. The van der Waals surface area contributed by atoms with Gasteiger partial charge < -0.3 is 9.63 Å². The van der Waals surface area contributed by atoms with Crippen LogP contribution in [0.1, 0.15) is 45.6 Å². The highest BCUT2D eigenvalue weighted by Crippen LogP contribution is 2.36. The van der Waals surface area contributed by atoms with Gasteiger partial charge in [0.15, 0.2) is 12.8 Å². The lowest BCUT2D eigenvalue weighted by atomic mass is 10.2. The minimum Gasteiger partial charge on any atom is -0.624 e. The second-order valence-corrected chi connectivity index (χ2v) is 13.6. The van der Waals surface area contributed by atoms with Crippen LogP contribution in [0.3, 0.4) is 0 Å². The first-order valence-corrected chi connectivity index (χ1v) is 13.4. The third-order valence-electron chi connectivity index (χ3n) is 5.85. The van der Waals surface area contributed by atoms with E-state index in [0.717, 1.165) is 29.6 Å². The molecule has 0 atom stereocenters. The van der Waals surface area contributed by atoms with E-state index >= 15 is 0 Å². The van der Waals surface area contributed by atoms with E-state index < -0.39 is 8.32 Å². The summed E-state index contributed by atoms with van der Waals surface area (Å²) < 4.78 is 7.94. The standard InChI is InChI=1S/C28H35NO2Si/c1-28(2,3)32(26-18-10-5-11-19-26,27-20-12-6-13-21-27)31-23-15-7-14-22-29(30)24-25-16-8-4-9-17-25/h4-6,8-13,16-22H,7,14-15,23-24H2,1-3H3/b29-22-. The summed E-state index contributed by atoms with van der Waals surface area (Å²) in [6, 6.07) is 31.3. The summed E-state index contributed by atoms with van der Waals surface area (Å²) in [5.74, 6) is 0. The summed E-state index contributed by atoms with van der Waals surface area (Å²) in [6.45, 7) is 7.99. The fourth-order valence-corrected chi connectivity index (χ4v) is 8.90. The second kappa shape index (κ2) is 11.3. The number of hydrogen-bond acceptors (Lipinski definition) is 2. The van der Waals surface area contributed by atoms with Gasteiger partial charge in [0.1, 0.15) is 0 Å². The molecule has 168 valence electrons. The molecule has 0 aliphatic carbocycles. The van der Waals surface area contributed by atoms with E-state index in [9.17, 15) is 5.21 Å². The van der Waals surface area contributed by atoms with Crippen LogP contribution in [0, 0.1) is 5.21 Å². The molecule has 0 fully saturated rings. The molecule has 3 aromatic carbocycles. The first-order valence-electron chi connectivity index (χ1n) is 11.5. The van der Waals surface area contributed by atoms with Crippen LogP contribution in [0.2, 0.25) is 5.04 Å². The van der Waals surface area contributed by atoms with Crippen molar-refractivity contribution in [2.75, 3.05) is 6.61 Å². The number of rotatable bonds is 10. The average molecular weight is 446 g/mol. The minimum atomic E-state index is -2.46. The Balaban J connectivity index is 1.66. The molecule has 3 aromatic rings. The first kappa shape index (κ1) is 24.0. The van der Waals surface area contributed by atoms with Gasteiger partial charge in [0.2, 0.25) is 0 Å². The molecule has 4 heteroatoms. The summed E-state index contributed by atoms with van der Waals surface area (Å²) in [7, 11) is -2.46. The summed E-state index contributed by atoms with van der Waals surface area (Å²) >= 11 is 0. The summed E-state index contributed by atoms with van der Waals surface area (Å²) in [5.41, 5.74) is 1.04. The molecule has 0 radical (unpaired) electrons. The van der Waals surface area contributed by atoms with Crippen LogP contribution >= 0.6 is 0 Å². The Bertz CT molecular complexity index is 927. The molecule has 0 bridgehead atoms. The quantitative estimate of drug-likeness (QED) is 0.103. The van der Waals surface area contributed by atoms with Gasteiger partial charge in [-0.2, -0.15) is 0 Å². The van der Waals surface area contributed by atoms with Gasteiger partial charge in [0.25, 0.3) is 8.32 Å². The molecule has 0 aromatic heterocycles. The van der Waals surface area contributed by atoms with Gasteiger partial charge in [-0.05, 0) is 28.3 Å². The zero-order chi connectivity index (χ0) is 22.9. The lowest BCUT2D eigenvalue weighted by molar-refractivity contribution is -0.471. The average Bonchev–Trinajstić information content (AvgIpc) is 2.80. The van der Waals surface area contributed by atoms with Gasteiger partial charge in [0, 0.05) is 18.6 Å². The maximum Gasteiger partial charge on any atom is 0.261 e. The molecule has 3 rings (SSSR count). The molecule has 0 heterocycles. The van der Waals surface area contributed by atoms with E-state index in [1.54, 1.807) is 6.21 Å². The molecule has 0 saturated carbocycles. The molecular formula is C28H35NO2Si. The van der Waals surface area contributed by atoms with E-state index in [0.29, 0.717) is 13.2 Å². The van der Waals surface area contributed by atoms with Crippen LogP contribution in [0.25, 0.3) is 0 Å². The molecule has 32 heavy (non-hydrogen) atoms. The van der Waals surface area contributed by atoms with Crippen molar-refractivity contribution in [3.8, 4) is 0 Å². The zero-order valence-electron chi connectivity index (χ0n) is 19.5. The zero-order valence-corrected chi connectivity index (χ0v) is 20.5. The molecule has 3 nitrogen and oxygen atoms in total. The Morgan fingerprint density at radius 1 is 0.781 bits per heavy atom. The van der Waals surface area contributed by atoms with Crippen LogP contribution in [0.5, 0.6) is 0 Å². The Kier molecular flexibility index (Phi) is 8.43. The third-order valence-corrected chi connectivity index (χ3v) is 10.9. The molecule has 0 aliphatic heterocycles. The number of hydrogen-bond donors (Lipinski definition) is 0. The van der Waals surface area contributed by atoms with Crippen LogP contribution < -0.4 is 10.4 Å². The van der Waals surface area contributed by atoms with Gasteiger partial charge in [-0.1, -0.05) is 112 Å². The predicted octanol–water partition coefficient (Wildman–Crippen LogP) is 5.51. The number of unbranched alkanes of at least 4 members (excludes halogenated alkanes) is 2. The number of benzene rings is 3. The van der Waals surface area contributed by atoms with Crippen molar-refractivity contribution >= 4 is 24.9 Å². The lowest BCUT2D eigenvalue weighted by Gasteiger charge is -2.43. The maximum absolute atomic E-state index is 12.1. The fourth-order valence-electron chi connectivity index (χ4n) is 4.30. The molecule has 0 N–H and O–H groups in total. The largest absolute Gasteiger partial charge is 0.624 e. The van der Waals surface area contributed by atoms with Gasteiger partial charge in [-0.15, -0.1) is 0 Å². The van der Waals surface area contributed by atoms with E-state index in [4.69, 9.17) is 4.43 Å². The highest BCUT2D eigenvalue weighted by Gasteiger charge is 2.49. The fraction of sp³-hybridized carbons (Fsp3) is 0.321. The monoisotopic (exact) mass is 445 g/mol. The highest BCUT2D eigenvalue weighted by atomic mass is 28.4. The number of hydroxylamine groups is 1. The van der Waals surface area contributed by atoms with Crippen LogP contribution in [0.15, 0.2) is 91.0 Å². The molecule has 0 saturated heterocycles. The molecule has 0 unspecified atom stereocenters. The smallest absolute Gasteiger partial charge is 0.261 e. The van der Waals surface area contributed by atoms with Crippen molar-refractivity contribution in [1.29, 1.82) is 0 Å². The number of nitrogens with zero attached hydrogens (tertiary/aromatic N) is 1. The molecule has 0 spiro atoms. The highest BCUT2D eigenvalue weighted by molar-refractivity contribution is 6.99. The second-order valence-electron chi connectivity index (χ2n) is 9.25. The lowest BCUT2D eigenvalue weighted by Crippen LogP contribution is -2.66. The maximum atomic E-state index is 12.1. The summed E-state index contributed by atoms with van der Waals surface area (Å²) in [6.07, 6.45) is 4.39. The third kappa shape index (κ3) is 5.96. The molecule has 0 amide bonds. The minimum absolute atomic E-state index is 0.0106. The van der Waals surface area contributed by atoms with Crippen LogP contribution in [-0.4, -0.2) is 25.9 Å². The van der Waals surface area contributed by atoms with E-state index in [1.807, 2.05) is 30.3 Å². The SMILES string of the molecule is CC(C)(C)[Si](OCCCC/C=[N+](\[O-])Cc1ccccc1)(c1ccccc1)c1ccccc1. The van der Waals surface area contributed by atoms with Gasteiger partial charge in [0.05, 0.1) is 0 Å². The predicted molar refractivity (Wildman–Crippen MR) is 137 cm³/mol. The normalized spacial score (nSPS) is 12.7. The van der Waals surface area contributed by atoms with Crippen molar-refractivity contribution in [2.45, 2.75) is 51.6 Å². The van der Waals surface area contributed by atoms with Crippen molar-refractivity contribution < 1.29 is 9.16 Å². The molecular weight excluding hydrogens is 410 g/mol. The van der Waals surface area contributed by atoms with Crippen molar-refractivity contribution in [3.63, 3.8) is 0 Å². The van der Waals surface area contributed by atoms with Gasteiger partial charge in [-0.25, -0.2) is 4.74 Å². The van der Waals surface area contributed by atoms with E-state index in [-0.39, 0.29) is 5.04 Å². The van der Waals surface area contributed by atoms with Gasteiger partial charge >= 0.3 is 0 Å². The Labute approximate surface area is 194 Å². The Morgan fingerprint density at radius 2 is 1.28 bits per heavy atom. The van der Waals surface area contributed by atoms with Crippen LogP contribution in [0.4, 0.5) is 0 Å². The Morgan fingerprint density at radius 3 is 1.78 bits per heavy atom. The van der Waals surface area contributed by atoms with Crippen molar-refractivity contribution in [2.24, 2.45) is 0 Å². The summed E-state index contributed by atoms with van der Waals surface area (Å²) in [4.78, 5) is 0. The Hall–Kier alpha value is -2.69. The van der Waals surface area contributed by atoms with E-state index in [2.05, 4.69) is 81.4 Å². The topological polar surface area (TPSA) is 35.3 Å². The van der Waals surface area contributed by atoms with Crippen molar-refractivity contribution in [3.05, 3.63) is 102 Å². The summed E-state index contributed by atoms with van der Waals surface area (Å²) in [5, 5.41) is 14.7. The first-order chi connectivity index (χ1) is 15.4. The van der Waals surface area contributed by atoms with Gasteiger partial charge in [-0.3, -0.25) is 0 Å².